The Morgan fingerprint density at radius 3 is 2.73 bits per heavy atom. The second-order valence-electron chi connectivity index (χ2n) is 5.39. The van der Waals surface area contributed by atoms with Gasteiger partial charge in [-0.05, 0) is 37.0 Å². The van der Waals surface area contributed by atoms with Crippen LogP contribution < -0.4 is 5.73 Å². The van der Waals surface area contributed by atoms with Gasteiger partial charge in [0.1, 0.15) is 4.90 Å². The van der Waals surface area contributed by atoms with Gasteiger partial charge in [-0.15, -0.1) is 12.4 Å². The highest BCUT2D eigenvalue weighted by Crippen LogP contribution is 2.31. The number of rotatable bonds is 3. The second kappa shape index (κ2) is 7.62. The van der Waals surface area contributed by atoms with E-state index in [9.17, 15) is 8.42 Å². The molecule has 0 aromatic heterocycles. The SMILES string of the molecule is CC1CCN(S(=O)(=O)c2ccc(C#N)cc2Cl)C(CN)C1.Cl. The van der Waals surface area contributed by atoms with Gasteiger partial charge in [-0.1, -0.05) is 18.5 Å². The minimum atomic E-state index is -3.69. The zero-order valence-corrected chi connectivity index (χ0v) is 14.6. The number of nitrogens with zero attached hydrogens (tertiary/aromatic N) is 2. The number of nitriles is 1. The predicted molar refractivity (Wildman–Crippen MR) is 88.5 cm³/mol. The molecule has 1 aliphatic heterocycles. The molecular formula is C14H19Cl2N3O2S. The topological polar surface area (TPSA) is 87.2 Å². The summed E-state index contributed by atoms with van der Waals surface area (Å²) in [4.78, 5) is 0.0381. The average molecular weight is 364 g/mol. The fraction of sp³-hybridized carbons (Fsp3) is 0.500. The van der Waals surface area contributed by atoms with Crippen LogP contribution in [0.5, 0.6) is 0 Å². The summed E-state index contributed by atoms with van der Waals surface area (Å²) < 4.78 is 27.0. The highest BCUT2D eigenvalue weighted by Gasteiger charge is 2.35. The van der Waals surface area contributed by atoms with Gasteiger partial charge in [0.05, 0.1) is 16.7 Å². The monoisotopic (exact) mass is 363 g/mol. The molecule has 2 rings (SSSR count). The maximum Gasteiger partial charge on any atom is 0.244 e. The van der Waals surface area contributed by atoms with Crippen LogP contribution in [0.3, 0.4) is 0 Å². The van der Waals surface area contributed by atoms with Crippen molar-refractivity contribution in [1.82, 2.24) is 4.31 Å². The Morgan fingerprint density at radius 1 is 1.50 bits per heavy atom. The van der Waals surface area contributed by atoms with Crippen LogP contribution in [0.2, 0.25) is 5.02 Å². The summed E-state index contributed by atoms with van der Waals surface area (Å²) in [6.45, 7) is 2.83. The molecule has 2 unspecified atom stereocenters. The highest BCUT2D eigenvalue weighted by atomic mass is 35.5. The molecule has 1 heterocycles. The van der Waals surface area contributed by atoms with Crippen molar-refractivity contribution in [2.24, 2.45) is 11.7 Å². The normalized spacial score (nSPS) is 22.6. The number of hydrogen-bond acceptors (Lipinski definition) is 4. The lowest BCUT2D eigenvalue weighted by atomic mass is 9.94. The zero-order chi connectivity index (χ0) is 15.6. The second-order valence-corrected chi connectivity index (χ2v) is 7.66. The van der Waals surface area contributed by atoms with E-state index in [0.29, 0.717) is 18.0 Å². The van der Waals surface area contributed by atoms with Crippen molar-refractivity contribution >= 4 is 34.0 Å². The van der Waals surface area contributed by atoms with Crippen molar-refractivity contribution in [2.45, 2.75) is 30.7 Å². The summed E-state index contributed by atoms with van der Waals surface area (Å²) in [6.07, 6.45) is 1.56. The molecule has 2 atom stereocenters. The summed E-state index contributed by atoms with van der Waals surface area (Å²) >= 11 is 6.04. The first-order valence-electron chi connectivity index (χ1n) is 6.81. The van der Waals surface area contributed by atoms with Crippen LogP contribution in [-0.4, -0.2) is 31.9 Å². The third-order valence-electron chi connectivity index (χ3n) is 3.84. The third-order valence-corrected chi connectivity index (χ3v) is 6.28. The lowest BCUT2D eigenvalue weighted by molar-refractivity contribution is 0.211. The first-order valence-corrected chi connectivity index (χ1v) is 8.63. The van der Waals surface area contributed by atoms with E-state index in [1.807, 2.05) is 6.07 Å². The Hall–Kier alpha value is -0.840. The number of benzene rings is 1. The molecule has 0 saturated carbocycles. The number of nitrogens with two attached hydrogens (primary N) is 1. The van der Waals surface area contributed by atoms with Crippen LogP contribution in [0.1, 0.15) is 25.3 Å². The highest BCUT2D eigenvalue weighted by molar-refractivity contribution is 7.89. The Balaban J connectivity index is 0.00000242. The van der Waals surface area contributed by atoms with Crippen LogP contribution in [0.25, 0.3) is 0 Å². The van der Waals surface area contributed by atoms with Gasteiger partial charge >= 0.3 is 0 Å². The molecule has 1 fully saturated rings. The molecule has 2 N–H and O–H groups in total. The number of piperidine rings is 1. The fourth-order valence-corrected chi connectivity index (χ4v) is 4.85. The Morgan fingerprint density at radius 2 is 2.18 bits per heavy atom. The van der Waals surface area contributed by atoms with Gasteiger partial charge in [-0.3, -0.25) is 0 Å². The molecule has 8 heteroatoms. The van der Waals surface area contributed by atoms with E-state index in [2.05, 4.69) is 6.92 Å². The minimum Gasteiger partial charge on any atom is -0.329 e. The first kappa shape index (κ1) is 19.2. The van der Waals surface area contributed by atoms with Crippen molar-refractivity contribution in [3.8, 4) is 6.07 Å². The van der Waals surface area contributed by atoms with Gasteiger partial charge < -0.3 is 5.73 Å². The van der Waals surface area contributed by atoms with Gasteiger partial charge in [0.2, 0.25) is 10.0 Å². The van der Waals surface area contributed by atoms with Crippen molar-refractivity contribution in [3.05, 3.63) is 28.8 Å². The average Bonchev–Trinajstić information content (AvgIpc) is 2.46. The maximum atomic E-state index is 12.8. The molecule has 122 valence electrons. The van der Waals surface area contributed by atoms with Gasteiger partial charge in [0, 0.05) is 19.1 Å². The lowest BCUT2D eigenvalue weighted by Crippen LogP contribution is -2.49. The Labute approximate surface area is 142 Å². The molecule has 0 spiro atoms. The van der Waals surface area contributed by atoms with Crippen LogP contribution >= 0.6 is 24.0 Å². The van der Waals surface area contributed by atoms with Crippen LogP contribution in [0, 0.1) is 17.2 Å². The van der Waals surface area contributed by atoms with E-state index < -0.39 is 10.0 Å². The predicted octanol–water partition coefficient (Wildman–Crippen LogP) is 2.38. The molecule has 0 bridgehead atoms. The fourth-order valence-electron chi connectivity index (χ4n) is 2.67. The molecule has 22 heavy (non-hydrogen) atoms. The van der Waals surface area contributed by atoms with Crippen molar-refractivity contribution in [1.29, 1.82) is 5.26 Å². The molecular weight excluding hydrogens is 345 g/mol. The standard InChI is InChI=1S/C14H18ClN3O2S.ClH/c1-10-4-5-18(12(6-10)9-17)21(19,20)14-3-2-11(8-16)7-13(14)15;/h2-3,7,10,12H,4-6,9,17H2,1H3;1H. The molecule has 1 aliphatic rings. The van der Waals surface area contributed by atoms with Crippen molar-refractivity contribution in [2.75, 3.05) is 13.1 Å². The van der Waals surface area contributed by atoms with E-state index >= 15 is 0 Å². The van der Waals surface area contributed by atoms with Crippen molar-refractivity contribution < 1.29 is 8.42 Å². The van der Waals surface area contributed by atoms with E-state index in [1.54, 1.807) is 0 Å². The zero-order valence-electron chi connectivity index (χ0n) is 12.2. The number of halogens is 2. The maximum absolute atomic E-state index is 12.8. The smallest absolute Gasteiger partial charge is 0.244 e. The first-order chi connectivity index (χ1) is 9.90. The van der Waals surface area contributed by atoms with Gasteiger partial charge in [-0.25, -0.2) is 8.42 Å². The molecule has 1 aromatic carbocycles. The van der Waals surface area contributed by atoms with E-state index in [-0.39, 0.29) is 34.9 Å². The number of sulfonamides is 1. The molecule has 0 radical (unpaired) electrons. The van der Waals surface area contributed by atoms with Gasteiger partial charge in [-0.2, -0.15) is 9.57 Å². The van der Waals surface area contributed by atoms with Crippen LogP contribution in [0.4, 0.5) is 0 Å². The van der Waals surface area contributed by atoms with Crippen LogP contribution in [-0.2, 0) is 10.0 Å². The van der Waals surface area contributed by atoms with E-state index in [1.165, 1.54) is 22.5 Å². The van der Waals surface area contributed by atoms with Gasteiger partial charge in [0.25, 0.3) is 0 Å². The van der Waals surface area contributed by atoms with E-state index in [0.717, 1.165) is 12.8 Å². The summed E-state index contributed by atoms with van der Waals surface area (Å²) in [5.74, 6) is 0.460. The molecule has 1 aromatic rings. The summed E-state index contributed by atoms with van der Waals surface area (Å²) in [7, 11) is -3.69. The summed E-state index contributed by atoms with van der Waals surface area (Å²) in [5, 5.41) is 8.90. The lowest BCUT2D eigenvalue weighted by Gasteiger charge is -2.37. The Kier molecular flexibility index (Phi) is 6.65. The Bertz CT molecular complexity index is 673. The quantitative estimate of drug-likeness (QED) is 0.892. The van der Waals surface area contributed by atoms with Crippen LogP contribution in [0.15, 0.2) is 23.1 Å². The molecule has 0 aliphatic carbocycles. The summed E-state index contributed by atoms with van der Waals surface area (Å²) in [6, 6.07) is 5.96. The summed E-state index contributed by atoms with van der Waals surface area (Å²) in [5.41, 5.74) is 6.07. The third kappa shape index (κ3) is 3.73. The minimum absolute atomic E-state index is 0. The van der Waals surface area contributed by atoms with Gasteiger partial charge in [0.15, 0.2) is 0 Å². The number of hydrogen-bond donors (Lipinski definition) is 1. The molecule has 5 nitrogen and oxygen atoms in total. The van der Waals surface area contributed by atoms with E-state index in [4.69, 9.17) is 22.6 Å². The largest absolute Gasteiger partial charge is 0.329 e. The molecule has 1 saturated heterocycles. The van der Waals surface area contributed by atoms with Crippen molar-refractivity contribution in [3.63, 3.8) is 0 Å². The molecule has 0 amide bonds.